The maximum Gasteiger partial charge on any atom is 0.242 e. The Morgan fingerprint density at radius 2 is 1.50 bits per heavy atom. The third kappa shape index (κ3) is 4.93. The summed E-state index contributed by atoms with van der Waals surface area (Å²) in [6.45, 7) is -2.39. The van der Waals surface area contributed by atoms with Gasteiger partial charge in [0.1, 0.15) is 17.3 Å². The maximum absolute atomic E-state index is 7.97. The average molecular weight is 755 g/mol. The molecule has 8 aromatic rings. The first-order valence-corrected chi connectivity index (χ1v) is 13.7. The summed E-state index contributed by atoms with van der Waals surface area (Å²) in [7, 11) is 0. The van der Waals surface area contributed by atoms with Crippen molar-refractivity contribution in [2.75, 3.05) is 0 Å². The van der Waals surface area contributed by atoms with Gasteiger partial charge in [0.2, 0.25) is 6.33 Å². The van der Waals surface area contributed by atoms with E-state index in [-0.39, 0.29) is 21.1 Å². The van der Waals surface area contributed by atoms with Crippen LogP contribution in [0.4, 0.5) is 0 Å². The minimum Gasteiger partial charge on any atom is -0.510 e. The number of hydrogen-bond acceptors (Lipinski definition) is 3. The Hall–Kier alpha value is -5.19. The topological polar surface area (TPSA) is 45.1 Å². The third-order valence-electron chi connectivity index (χ3n) is 7.26. The molecule has 5 aromatic carbocycles. The molecular formula is C37H24N4O2Pt-2. The van der Waals surface area contributed by atoms with Crippen molar-refractivity contribution in [2.24, 2.45) is 6.98 Å². The zero-order valence-corrected chi connectivity index (χ0v) is 25.3. The first kappa shape index (κ1) is 24.3. The maximum atomic E-state index is 7.97. The molecule has 8 rings (SSSR count). The second kappa shape index (κ2) is 11.5. The molecule has 0 saturated carbocycles. The van der Waals surface area contributed by atoms with E-state index < -0.39 is 6.98 Å². The Morgan fingerprint density at radius 1 is 0.705 bits per heavy atom. The number of nitrogens with zero attached hydrogens (tertiary/aromatic N) is 4. The van der Waals surface area contributed by atoms with Crippen molar-refractivity contribution in [1.82, 2.24) is 14.1 Å². The molecule has 0 bridgehead atoms. The van der Waals surface area contributed by atoms with E-state index in [2.05, 4.69) is 30.6 Å². The molecule has 0 radical (unpaired) electrons. The molecule has 0 aliphatic heterocycles. The van der Waals surface area contributed by atoms with Gasteiger partial charge in [0, 0.05) is 50.3 Å². The Labute approximate surface area is 272 Å². The van der Waals surface area contributed by atoms with Gasteiger partial charge in [-0.3, -0.25) is 0 Å². The fraction of sp³-hybridized carbons (Fsp3) is 0.0270. The largest absolute Gasteiger partial charge is 0.510 e. The van der Waals surface area contributed by atoms with Crippen LogP contribution < -0.4 is 14.0 Å². The van der Waals surface area contributed by atoms with Gasteiger partial charge in [-0.2, -0.15) is 18.2 Å². The third-order valence-corrected chi connectivity index (χ3v) is 7.26. The molecule has 3 aromatic heterocycles. The van der Waals surface area contributed by atoms with E-state index in [1.54, 1.807) is 29.0 Å². The number of pyridine rings is 1. The average Bonchev–Trinajstić information content (AvgIpc) is 3.62. The van der Waals surface area contributed by atoms with Crippen LogP contribution in [0.25, 0.3) is 44.3 Å². The molecule has 0 unspecified atom stereocenters. The summed E-state index contributed by atoms with van der Waals surface area (Å²) >= 11 is 0. The van der Waals surface area contributed by atoms with Gasteiger partial charge >= 0.3 is 0 Å². The number of benzene rings is 5. The van der Waals surface area contributed by atoms with Gasteiger partial charge in [-0.15, -0.1) is 29.7 Å². The van der Waals surface area contributed by atoms with Crippen molar-refractivity contribution in [3.8, 4) is 34.5 Å². The minimum absolute atomic E-state index is 0. The Kier molecular flexibility index (Phi) is 6.33. The van der Waals surface area contributed by atoms with E-state index in [1.807, 2.05) is 95.6 Å². The molecule has 6 nitrogen and oxygen atoms in total. The molecule has 3 heterocycles. The van der Waals surface area contributed by atoms with Gasteiger partial charge in [0.25, 0.3) is 0 Å². The number of aryl methyl sites for hydroxylation is 1. The summed E-state index contributed by atoms with van der Waals surface area (Å²) in [6.07, 6.45) is 4.71. The second-order valence-corrected chi connectivity index (χ2v) is 9.96. The number of hydrogen-bond donors (Lipinski definition) is 0. The Balaban J connectivity index is 0.00000351. The van der Waals surface area contributed by atoms with Crippen molar-refractivity contribution in [3.63, 3.8) is 0 Å². The Bertz CT molecular complexity index is 2390. The van der Waals surface area contributed by atoms with Crippen LogP contribution in [0.2, 0.25) is 0 Å². The number of imidazole rings is 1. The minimum atomic E-state index is -2.39. The van der Waals surface area contributed by atoms with Gasteiger partial charge in [-0.05, 0) is 29.7 Å². The van der Waals surface area contributed by atoms with Crippen molar-refractivity contribution in [3.05, 3.63) is 146 Å². The summed E-state index contributed by atoms with van der Waals surface area (Å²) in [5, 5.41) is 2.06. The van der Waals surface area contributed by atoms with Crippen LogP contribution in [0.3, 0.4) is 0 Å². The zero-order chi connectivity index (χ0) is 31.3. The number of aromatic nitrogens is 4. The molecule has 0 N–H and O–H groups in total. The van der Waals surface area contributed by atoms with Crippen LogP contribution in [0, 0.1) is 18.5 Å². The summed E-state index contributed by atoms with van der Waals surface area (Å²) < 4.78 is 41.2. The van der Waals surface area contributed by atoms with Gasteiger partial charge in [0.05, 0.1) is 22.1 Å². The van der Waals surface area contributed by atoms with Gasteiger partial charge < -0.3 is 23.2 Å². The molecule has 216 valence electrons. The van der Waals surface area contributed by atoms with E-state index in [1.165, 1.54) is 0 Å². The van der Waals surface area contributed by atoms with Crippen LogP contribution >= 0.6 is 0 Å². The van der Waals surface area contributed by atoms with Crippen molar-refractivity contribution in [2.45, 2.75) is 0 Å². The SMILES string of the molecule is [2H]C([2H])([2H])[n+]1[c-]n(-c2[c-]c(Oc3[c-]c4c(cc3)c3ccccc3n4-c3cc(Oc4ccccc4)ccn3)ccc2)c2ccccc21.[Pt]. The predicted molar refractivity (Wildman–Crippen MR) is 166 cm³/mol. The fourth-order valence-corrected chi connectivity index (χ4v) is 5.36. The van der Waals surface area contributed by atoms with E-state index in [4.69, 9.17) is 18.6 Å². The first-order valence-electron chi connectivity index (χ1n) is 15.2. The van der Waals surface area contributed by atoms with Crippen LogP contribution in [0.5, 0.6) is 23.0 Å². The molecule has 0 spiro atoms. The number of ether oxygens (including phenoxy) is 2. The predicted octanol–water partition coefficient (Wildman–Crippen LogP) is 7.93. The molecule has 0 amide bonds. The quantitative estimate of drug-likeness (QED) is 0.128. The molecule has 0 aliphatic carbocycles. The van der Waals surface area contributed by atoms with Gasteiger partial charge in [-0.1, -0.05) is 71.9 Å². The summed E-state index contributed by atoms with van der Waals surface area (Å²) in [5.74, 6) is 3.01. The number of para-hydroxylation sites is 4. The number of rotatable bonds is 6. The first-order chi connectivity index (χ1) is 22.4. The fourth-order valence-electron chi connectivity index (χ4n) is 5.36. The van der Waals surface area contributed by atoms with Crippen molar-refractivity contribution >= 4 is 32.8 Å². The van der Waals surface area contributed by atoms with Crippen LogP contribution in [0.15, 0.2) is 128 Å². The smallest absolute Gasteiger partial charge is 0.242 e. The summed E-state index contributed by atoms with van der Waals surface area (Å²) in [6, 6.07) is 44.9. The standard InChI is InChI=1S/C37H24N4O2.Pt/c1-39-25-40(35-17-8-7-16-34(35)39)26-10-9-13-28(22-26)43-29-18-19-32-31-14-5-6-15-33(31)41(36(32)23-29)37-24-30(20-21-38-37)42-27-11-3-2-4-12-27;/h2-21,24H,1H3;/q-2;/i1D3;. The van der Waals surface area contributed by atoms with E-state index in [9.17, 15) is 0 Å². The normalized spacial score (nSPS) is 12.4. The van der Waals surface area contributed by atoms with Gasteiger partial charge in [-0.25, -0.2) is 4.98 Å². The molecule has 0 aliphatic rings. The second-order valence-electron chi connectivity index (χ2n) is 9.96. The van der Waals surface area contributed by atoms with Crippen molar-refractivity contribution in [1.29, 1.82) is 0 Å². The van der Waals surface area contributed by atoms with Crippen LogP contribution in [-0.2, 0) is 28.0 Å². The summed E-state index contributed by atoms with van der Waals surface area (Å²) in [4.78, 5) is 4.69. The summed E-state index contributed by atoms with van der Waals surface area (Å²) in [5.41, 5.74) is 3.59. The van der Waals surface area contributed by atoms with E-state index in [0.717, 1.165) is 32.1 Å². The van der Waals surface area contributed by atoms with Crippen molar-refractivity contribution < 1.29 is 39.2 Å². The Morgan fingerprint density at radius 3 is 2.39 bits per heavy atom. The molecule has 44 heavy (non-hydrogen) atoms. The van der Waals surface area contributed by atoms with E-state index in [0.29, 0.717) is 39.8 Å². The molecule has 0 atom stereocenters. The molecule has 7 heteroatoms. The van der Waals surface area contributed by atoms with Gasteiger partial charge in [0.15, 0.2) is 0 Å². The molecule has 0 saturated heterocycles. The number of fused-ring (bicyclic) bond motifs is 4. The van der Waals surface area contributed by atoms with E-state index >= 15 is 0 Å². The zero-order valence-electron chi connectivity index (χ0n) is 26.0. The molecular weight excluding hydrogens is 728 g/mol. The molecule has 0 fully saturated rings. The van der Waals surface area contributed by atoms with Crippen LogP contribution in [-0.4, -0.2) is 14.1 Å². The van der Waals surface area contributed by atoms with Crippen LogP contribution in [0.1, 0.15) is 4.11 Å². The monoisotopic (exact) mass is 754 g/mol.